The molecule has 6 heteroatoms. The van der Waals surface area contributed by atoms with Crippen molar-refractivity contribution in [2.45, 2.75) is 136 Å². The van der Waals surface area contributed by atoms with Crippen LogP contribution in [0.1, 0.15) is 99.3 Å². The van der Waals surface area contributed by atoms with Crippen LogP contribution in [-0.2, 0) is 18.3 Å². The molecule has 0 bridgehead atoms. The van der Waals surface area contributed by atoms with Crippen LogP contribution >= 0.6 is 0 Å². The Bertz CT molecular complexity index is 289. The van der Waals surface area contributed by atoms with Gasteiger partial charge in [-0.2, -0.15) is 0 Å². The monoisotopic (exact) mass is 450 g/mol. The van der Waals surface area contributed by atoms with Crippen molar-refractivity contribution in [3.8, 4) is 0 Å². The Morgan fingerprint density at radius 3 is 1.24 bits per heavy atom. The zero-order valence-corrected chi connectivity index (χ0v) is 23.4. The fourth-order valence-electron chi connectivity index (χ4n) is 3.15. The molecule has 0 saturated heterocycles. The highest BCUT2D eigenvalue weighted by molar-refractivity contribution is 6.52. The molecule has 29 heavy (non-hydrogen) atoms. The van der Waals surface area contributed by atoms with Crippen molar-refractivity contribution in [3.63, 3.8) is 0 Å². The molecule has 0 aliphatic rings. The first-order valence-electron chi connectivity index (χ1n) is 12.4. The standard InChI is InChI=1S/C12H28O2Si.C11H26O2Si/c1-5-8-10-15(11-9-6-2)14-12(7-3)13-4;1-5-7-9-14(10-8-6-2)13-11(3)12-4/h12,15H,5-11H2,1-4H3;11,14H,5-10H2,1-4H3. The lowest BCUT2D eigenvalue weighted by atomic mass is 10.4. The molecule has 0 N–H and O–H groups in total. The van der Waals surface area contributed by atoms with Gasteiger partial charge in [-0.3, -0.25) is 0 Å². The Labute approximate surface area is 186 Å². The Hall–Kier alpha value is 0.274. The van der Waals surface area contributed by atoms with Crippen LogP contribution in [0.2, 0.25) is 24.2 Å². The van der Waals surface area contributed by atoms with Gasteiger partial charge in [0.2, 0.25) is 0 Å². The van der Waals surface area contributed by atoms with Gasteiger partial charge in [-0.05, 0) is 37.5 Å². The molecule has 0 aromatic carbocycles. The van der Waals surface area contributed by atoms with Crippen LogP contribution < -0.4 is 0 Å². The van der Waals surface area contributed by atoms with Crippen molar-refractivity contribution in [1.82, 2.24) is 0 Å². The lowest BCUT2D eigenvalue weighted by molar-refractivity contribution is -0.0583. The van der Waals surface area contributed by atoms with E-state index in [9.17, 15) is 0 Å². The van der Waals surface area contributed by atoms with Crippen molar-refractivity contribution in [2.24, 2.45) is 0 Å². The van der Waals surface area contributed by atoms with Crippen LogP contribution in [0.15, 0.2) is 0 Å². The van der Waals surface area contributed by atoms with Gasteiger partial charge in [0, 0.05) is 14.2 Å². The summed E-state index contributed by atoms with van der Waals surface area (Å²) in [6.07, 6.45) is 11.4. The predicted octanol–water partition coefficient (Wildman–Crippen LogP) is 7.03. The molecule has 0 rings (SSSR count). The molecule has 4 nitrogen and oxygen atoms in total. The Balaban J connectivity index is 0. The molecule has 0 heterocycles. The lowest BCUT2D eigenvalue weighted by Gasteiger charge is -2.22. The highest BCUT2D eigenvalue weighted by atomic mass is 28.3. The van der Waals surface area contributed by atoms with Gasteiger partial charge in [0.1, 0.15) is 12.6 Å². The molecule has 0 saturated carbocycles. The van der Waals surface area contributed by atoms with Gasteiger partial charge in [-0.25, -0.2) is 0 Å². The largest absolute Gasteiger partial charge is 0.396 e. The topological polar surface area (TPSA) is 36.9 Å². The Morgan fingerprint density at radius 2 is 0.966 bits per heavy atom. The first-order chi connectivity index (χ1) is 14.0. The summed E-state index contributed by atoms with van der Waals surface area (Å²) in [6, 6.07) is 5.25. The van der Waals surface area contributed by atoms with Crippen LogP contribution in [0.5, 0.6) is 0 Å². The van der Waals surface area contributed by atoms with Gasteiger partial charge >= 0.3 is 0 Å². The molecular weight excluding hydrogens is 396 g/mol. The van der Waals surface area contributed by atoms with E-state index in [0.29, 0.717) is 0 Å². The summed E-state index contributed by atoms with van der Waals surface area (Å²) < 4.78 is 22.4. The SMILES string of the molecule is CCCC[SiH](CCCC)OC(C)OC.CCCC[SiH](CCCC)OC(CC)OC. The average molecular weight is 451 g/mol. The molecule has 0 aromatic heterocycles. The van der Waals surface area contributed by atoms with Gasteiger partial charge in [0.05, 0.1) is 0 Å². The van der Waals surface area contributed by atoms with Crippen molar-refractivity contribution >= 4 is 18.1 Å². The van der Waals surface area contributed by atoms with E-state index in [2.05, 4.69) is 34.6 Å². The minimum atomic E-state index is -0.987. The average Bonchev–Trinajstić information content (AvgIpc) is 2.75. The highest BCUT2D eigenvalue weighted by Gasteiger charge is 2.16. The summed E-state index contributed by atoms with van der Waals surface area (Å²) in [5, 5.41) is 0. The van der Waals surface area contributed by atoms with Crippen LogP contribution in [0, 0.1) is 0 Å². The maximum atomic E-state index is 6.07. The minimum absolute atomic E-state index is 0.000351. The van der Waals surface area contributed by atoms with Gasteiger partial charge in [0.15, 0.2) is 18.1 Å². The summed E-state index contributed by atoms with van der Waals surface area (Å²) in [6.45, 7) is 13.1. The summed E-state index contributed by atoms with van der Waals surface area (Å²) in [7, 11) is 1.51. The fourth-order valence-corrected chi connectivity index (χ4v) is 9.11. The maximum absolute atomic E-state index is 6.07. The summed E-state index contributed by atoms with van der Waals surface area (Å²) >= 11 is 0. The number of methoxy groups -OCH3 is 2. The van der Waals surface area contributed by atoms with Crippen molar-refractivity contribution in [2.75, 3.05) is 14.2 Å². The zero-order valence-electron chi connectivity index (χ0n) is 21.1. The number of unbranched alkanes of at least 4 members (excludes halogenated alkanes) is 4. The molecule has 0 amide bonds. The number of hydrogen-bond acceptors (Lipinski definition) is 4. The number of rotatable bonds is 19. The third-order valence-electron chi connectivity index (χ3n) is 5.18. The van der Waals surface area contributed by atoms with Crippen LogP contribution in [0.4, 0.5) is 0 Å². The lowest BCUT2D eigenvalue weighted by Crippen LogP contribution is -2.26. The predicted molar refractivity (Wildman–Crippen MR) is 133 cm³/mol. The van der Waals surface area contributed by atoms with Crippen molar-refractivity contribution in [1.29, 1.82) is 0 Å². The number of hydrogen-bond donors (Lipinski definition) is 0. The quantitative estimate of drug-likeness (QED) is 0.156. The van der Waals surface area contributed by atoms with E-state index in [1.807, 2.05) is 6.92 Å². The van der Waals surface area contributed by atoms with E-state index in [1.54, 1.807) is 14.2 Å². The Kier molecular flexibility index (Phi) is 26.6. The summed E-state index contributed by atoms with van der Waals surface area (Å²) in [5.74, 6) is 0. The van der Waals surface area contributed by atoms with Crippen molar-refractivity contribution in [3.05, 3.63) is 0 Å². The zero-order chi connectivity index (χ0) is 22.3. The van der Waals surface area contributed by atoms with E-state index in [0.717, 1.165) is 6.42 Å². The summed E-state index contributed by atoms with van der Waals surface area (Å²) in [4.78, 5) is 0. The van der Waals surface area contributed by atoms with Crippen LogP contribution in [0.3, 0.4) is 0 Å². The minimum Gasteiger partial charge on any atom is -0.396 e. The molecule has 0 aromatic rings. The smallest absolute Gasteiger partial charge is 0.180 e. The molecular formula is C23H54O4Si2. The third-order valence-corrected chi connectivity index (χ3v) is 10.8. The highest BCUT2D eigenvalue weighted by Crippen LogP contribution is 2.15. The molecule has 0 spiro atoms. The van der Waals surface area contributed by atoms with Crippen molar-refractivity contribution < 1.29 is 18.3 Å². The third kappa shape index (κ3) is 21.3. The maximum Gasteiger partial charge on any atom is 0.180 e. The second-order valence-corrected chi connectivity index (χ2v) is 13.3. The molecule has 0 aliphatic heterocycles. The molecule has 178 valence electrons. The Morgan fingerprint density at radius 1 is 0.586 bits per heavy atom. The first kappa shape index (κ1) is 31.5. The fraction of sp³-hybridized carbons (Fsp3) is 1.00. The van der Waals surface area contributed by atoms with E-state index >= 15 is 0 Å². The van der Waals surface area contributed by atoms with Crippen LogP contribution in [-0.4, -0.2) is 44.9 Å². The van der Waals surface area contributed by atoms with Gasteiger partial charge < -0.3 is 18.3 Å². The molecule has 0 aliphatic carbocycles. The van der Waals surface area contributed by atoms with E-state index < -0.39 is 18.1 Å². The molecule has 0 fully saturated rings. The molecule has 0 radical (unpaired) electrons. The van der Waals surface area contributed by atoms with Gasteiger partial charge in [0.25, 0.3) is 0 Å². The molecule has 2 atom stereocenters. The van der Waals surface area contributed by atoms with E-state index in [4.69, 9.17) is 18.3 Å². The van der Waals surface area contributed by atoms with E-state index in [-0.39, 0.29) is 12.6 Å². The number of ether oxygens (including phenoxy) is 2. The molecule has 2 unspecified atom stereocenters. The summed E-state index contributed by atoms with van der Waals surface area (Å²) in [5.41, 5.74) is 0. The van der Waals surface area contributed by atoms with Gasteiger partial charge in [-0.1, -0.05) is 86.0 Å². The first-order valence-corrected chi connectivity index (χ1v) is 16.6. The van der Waals surface area contributed by atoms with Gasteiger partial charge in [-0.15, -0.1) is 0 Å². The second kappa shape index (κ2) is 24.5. The van der Waals surface area contributed by atoms with E-state index in [1.165, 1.54) is 75.5 Å². The normalized spacial score (nSPS) is 13.4. The second-order valence-electron chi connectivity index (χ2n) is 7.96. The van der Waals surface area contributed by atoms with Crippen LogP contribution in [0.25, 0.3) is 0 Å².